The topological polar surface area (TPSA) is 89.2 Å². The average Bonchev–Trinajstić information content (AvgIpc) is 3.11. The van der Waals surface area contributed by atoms with Crippen molar-refractivity contribution in [2.45, 2.75) is 47.2 Å². The van der Waals surface area contributed by atoms with Gasteiger partial charge >= 0.3 is 0 Å². The summed E-state index contributed by atoms with van der Waals surface area (Å²) in [5.74, 6) is 2.47. The van der Waals surface area contributed by atoms with Crippen LogP contribution in [0.4, 0.5) is 0 Å². The second-order valence-corrected chi connectivity index (χ2v) is 7.25. The molecule has 0 unspecified atom stereocenters. The highest BCUT2D eigenvalue weighted by Crippen LogP contribution is 2.16. The summed E-state index contributed by atoms with van der Waals surface area (Å²) >= 11 is 1.71. The van der Waals surface area contributed by atoms with Gasteiger partial charge in [0.05, 0.1) is 17.2 Å². The molecule has 0 aromatic carbocycles. The molecule has 0 aliphatic heterocycles. The fraction of sp³-hybridized carbons (Fsp3) is 0.647. The van der Waals surface area contributed by atoms with E-state index in [0.29, 0.717) is 13.1 Å². The van der Waals surface area contributed by atoms with Crippen LogP contribution in [-0.4, -0.2) is 45.5 Å². The Morgan fingerprint density at radius 1 is 1.23 bits per heavy atom. The summed E-state index contributed by atoms with van der Waals surface area (Å²) in [5, 5.41) is 16.1. The summed E-state index contributed by atoms with van der Waals surface area (Å²) in [6.45, 7) is 11.5. The number of nitrogens with zero attached hydrogens (tertiary/aromatic N) is 5. The van der Waals surface area contributed by atoms with Gasteiger partial charge in [0, 0.05) is 31.7 Å². The number of aliphatic imine (C=N–C) groups is 1. The van der Waals surface area contributed by atoms with Gasteiger partial charge in [-0.2, -0.15) is 0 Å². The van der Waals surface area contributed by atoms with Gasteiger partial charge in [0.2, 0.25) is 0 Å². The van der Waals surface area contributed by atoms with E-state index in [1.807, 2.05) is 39.3 Å². The van der Waals surface area contributed by atoms with Crippen molar-refractivity contribution in [1.82, 2.24) is 30.4 Å². The Morgan fingerprint density at radius 3 is 2.65 bits per heavy atom. The molecule has 0 saturated carbocycles. The van der Waals surface area contributed by atoms with Crippen molar-refractivity contribution in [3.63, 3.8) is 0 Å². The molecule has 0 amide bonds. The number of thiazole rings is 1. The molecule has 0 saturated heterocycles. The van der Waals surface area contributed by atoms with Crippen LogP contribution in [0.5, 0.6) is 0 Å². The second kappa shape index (κ2) is 10.2. The summed E-state index contributed by atoms with van der Waals surface area (Å²) in [5.41, 5.74) is 1.07. The molecule has 2 N–H and O–H groups in total. The van der Waals surface area contributed by atoms with Crippen LogP contribution < -0.4 is 10.6 Å². The van der Waals surface area contributed by atoms with Crippen LogP contribution in [0.1, 0.15) is 40.6 Å². The average molecular weight is 380 g/mol. The molecule has 0 aliphatic rings. The number of hydrogen-bond acceptors (Lipinski definition) is 6. The standard InChI is InChI=1S/C17H29N7OS/c1-6-25-9-7-8-18-17(19-10-15-12(2)21-14(4)26-15)20-11-16-23-22-13(3)24(16)5/h6-11H2,1-5H3,(H2,18,19,20). The Hall–Kier alpha value is -2.00. The number of guanidine groups is 1. The lowest BCUT2D eigenvalue weighted by molar-refractivity contribution is 0.145. The van der Waals surface area contributed by atoms with Crippen molar-refractivity contribution in [2.75, 3.05) is 19.8 Å². The zero-order valence-electron chi connectivity index (χ0n) is 16.3. The smallest absolute Gasteiger partial charge is 0.192 e. The van der Waals surface area contributed by atoms with E-state index in [-0.39, 0.29) is 0 Å². The fourth-order valence-electron chi connectivity index (χ4n) is 2.34. The van der Waals surface area contributed by atoms with Crippen molar-refractivity contribution in [2.24, 2.45) is 12.0 Å². The third kappa shape index (κ3) is 6.06. The first-order valence-electron chi connectivity index (χ1n) is 8.89. The van der Waals surface area contributed by atoms with Crippen LogP contribution in [0.2, 0.25) is 0 Å². The van der Waals surface area contributed by atoms with Crippen LogP contribution in [0.3, 0.4) is 0 Å². The molecule has 2 heterocycles. The first kappa shape index (κ1) is 20.3. The Morgan fingerprint density at radius 2 is 2.04 bits per heavy atom. The first-order valence-corrected chi connectivity index (χ1v) is 9.70. The normalized spacial score (nSPS) is 11.8. The van der Waals surface area contributed by atoms with Crippen molar-refractivity contribution in [3.05, 3.63) is 27.2 Å². The zero-order chi connectivity index (χ0) is 18.9. The van der Waals surface area contributed by atoms with E-state index in [4.69, 9.17) is 4.74 Å². The van der Waals surface area contributed by atoms with E-state index in [9.17, 15) is 0 Å². The van der Waals surface area contributed by atoms with E-state index in [2.05, 4.69) is 30.8 Å². The highest BCUT2D eigenvalue weighted by molar-refractivity contribution is 7.11. The molecule has 0 atom stereocenters. The largest absolute Gasteiger partial charge is 0.382 e. The van der Waals surface area contributed by atoms with E-state index >= 15 is 0 Å². The molecule has 26 heavy (non-hydrogen) atoms. The molecular weight excluding hydrogens is 350 g/mol. The van der Waals surface area contributed by atoms with Crippen LogP contribution in [-0.2, 0) is 24.9 Å². The maximum atomic E-state index is 5.38. The van der Waals surface area contributed by atoms with Gasteiger partial charge < -0.3 is 19.9 Å². The molecule has 0 spiro atoms. The van der Waals surface area contributed by atoms with Crippen LogP contribution in [0, 0.1) is 20.8 Å². The minimum atomic E-state index is 0.471. The van der Waals surface area contributed by atoms with Crippen molar-refractivity contribution in [3.8, 4) is 0 Å². The van der Waals surface area contributed by atoms with Crippen molar-refractivity contribution < 1.29 is 4.74 Å². The lowest BCUT2D eigenvalue weighted by Crippen LogP contribution is -2.37. The molecule has 0 fully saturated rings. The molecule has 0 aliphatic carbocycles. The van der Waals surface area contributed by atoms with Crippen LogP contribution in [0.15, 0.2) is 4.99 Å². The third-order valence-corrected chi connectivity index (χ3v) is 5.01. The molecule has 0 radical (unpaired) electrons. The van der Waals surface area contributed by atoms with Gasteiger partial charge in [-0.05, 0) is 34.1 Å². The minimum absolute atomic E-state index is 0.471. The van der Waals surface area contributed by atoms with Gasteiger partial charge in [0.25, 0.3) is 0 Å². The lowest BCUT2D eigenvalue weighted by Gasteiger charge is -2.12. The maximum absolute atomic E-state index is 5.38. The Kier molecular flexibility index (Phi) is 7.99. The summed E-state index contributed by atoms with van der Waals surface area (Å²) < 4.78 is 7.33. The number of aromatic nitrogens is 4. The van der Waals surface area contributed by atoms with Gasteiger partial charge in [-0.3, -0.25) is 0 Å². The van der Waals surface area contributed by atoms with Gasteiger partial charge in [-0.15, -0.1) is 21.5 Å². The molecule has 0 bridgehead atoms. The Balaban J connectivity index is 1.96. The van der Waals surface area contributed by atoms with Crippen LogP contribution in [0.25, 0.3) is 0 Å². The highest BCUT2D eigenvalue weighted by Gasteiger charge is 2.08. The molecule has 2 rings (SSSR count). The SMILES string of the molecule is CCOCCCNC(=NCc1nnc(C)n1C)NCc1sc(C)nc1C. The van der Waals surface area contributed by atoms with E-state index in [1.54, 1.807) is 11.3 Å². The first-order chi connectivity index (χ1) is 12.5. The molecule has 9 heteroatoms. The highest BCUT2D eigenvalue weighted by atomic mass is 32.1. The second-order valence-electron chi connectivity index (χ2n) is 5.96. The predicted molar refractivity (Wildman–Crippen MR) is 104 cm³/mol. The van der Waals surface area contributed by atoms with Gasteiger partial charge in [-0.25, -0.2) is 9.98 Å². The Labute approximate surface area is 159 Å². The molecule has 8 nitrogen and oxygen atoms in total. The van der Waals surface area contributed by atoms with Gasteiger partial charge in [-0.1, -0.05) is 0 Å². The predicted octanol–water partition coefficient (Wildman–Crippen LogP) is 1.86. The monoisotopic (exact) mass is 379 g/mol. The number of nitrogens with one attached hydrogen (secondary N) is 2. The summed E-state index contributed by atoms with van der Waals surface area (Å²) in [6.07, 6.45) is 0.927. The summed E-state index contributed by atoms with van der Waals surface area (Å²) in [7, 11) is 1.95. The minimum Gasteiger partial charge on any atom is -0.382 e. The number of aryl methyl sites for hydroxylation is 3. The van der Waals surface area contributed by atoms with Crippen molar-refractivity contribution >= 4 is 17.3 Å². The van der Waals surface area contributed by atoms with Crippen molar-refractivity contribution in [1.29, 1.82) is 0 Å². The third-order valence-electron chi connectivity index (χ3n) is 3.94. The summed E-state index contributed by atoms with van der Waals surface area (Å²) in [4.78, 5) is 10.3. The van der Waals surface area contributed by atoms with Gasteiger partial charge in [0.15, 0.2) is 11.8 Å². The molecule has 2 aromatic heterocycles. The van der Waals surface area contributed by atoms with Gasteiger partial charge in [0.1, 0.15) is 12.4 Å². The molecule has 144 valence electrons. The maximum Gasteiger partial charge on any atom is 0.192 e. The van der Waals surface area contributed by atoms with E-state index < -0.39 is 0 Å². The van der Waals surface area contributed by atoms with Crippen LogP contribution >= 0.6 is 11.3 Å². The number of rotatable bonds is 9. The number of hydrogen-bond donors (Lipinski definition) is 2. The fourth-order valence-corrected chi connectivity index (χ4v) is 3.22. The zero-order valence-corrected chi connectivity index (χ0v) is 17.1. The van der Waals surface area contributed by atoms with E-state index in [0.717, 1.165) is 54.5 Å². The number of ether oxygens (including phenoxy) is 1. The quantitative estimate of drug-likeness (QED) is 0.393. The molecule has 2 aromatic rings. The lowest BCUT2D eigenvalue weighted by atomic mass is 10.4. The Bertz CT molecular complexity index is 723. The molecular formula is C17H29N7OS. The summed E-state index contributed by atoms with van der Waals surface area (Å²) in [6, 6.07) is 0. The van der Waals surface area contributed by atoms with E-state index in [1.165, 1.54) is 4.88 Å².